The van der Waals surface area contributed by atoms with Crippen LogP contribution in [0.1, 0.15) is 5.56 Å². The van der Waals surface area contributed by atoms with Gasteiger partial charge in [-0.15, -0.1) is 0 Å². The zero-order valence-corrected chi connectivity index (χ0v) is 14.7. The van der Waals surface area contributed by atoms with E-state index in [0.29, 0.717) is 31.9 Å². The zero-order chi connectivity index (χ0) is 19.2. The van der Waals surface area contributed by atoms with Crippen molar-refractivity contribution in [2.75, 3.05) is 37.7 Å². The molecule has 0 aliphatic carbocycles. The minimum atomic E-state index is -0.654. The quantitative estimate of drug-likeness (QED) is 0.755. The number of hydrogen-bond donors (Lipinski definition) is 0. The molecule has 7 heteroatoms. The molecular formula is C20H20F2N2O3. The molecule has 0 N–H and O–H groups in total. The summed E-state index contributed by atoms with van der Waals surface area (Å²) >= 11 is 0. The van der Waals surface area contributed by atoms with Crippen molar-refractivity contribution in [2.45, 2.75) is 6.42 Å². The van der Waals surface area contributed by atoms with Gasteiger partial charge < -0.3 is 14.5 Å². The van der Waals surface area contributed by atoms with Gasteiger partial charge in [0.25, 0.3) is 5.91 Å². The fourth-order valence-electron chi connectivity index (χ4n) is 2.99. The first-order valence-corrected chi connectivity index (χ1v) is 8.71. The lowest BCUT2D eigenvalue weighted by atomic mass is 10.1. The van der Waals surface area contributed by atoms with Crippen molar-refractivity contribution in [3.8, 4) is 0 Å². The van der Waals surface area contributed by atoms with Crippen molar-refractivity contribution in [3.05, 3.63) is 65.7 Å². The maximum atomic E-state index is 13.8. The van der Waals surface area contributed by atoms with E-state index in [1.54, 1.807) is 29.2 Å². The predicted octanol–water partition coefficient (Wildman–Crippen LogP) is 2.40. The Labute approximate surface area is 156 Å². The first-order valence-electron chi connectivity index (χ1n) is 8.71. The Morgan fingerprint density at radius 3 is 2.19 bits per heavy atom. The minimum Gasteiger partial charge on any atom is -0.455 e. The lowest BCUT2D eigenvalue weighted by Gasteiger charge is -2.36. The van der Waals surface area contributed by atoms with Gasteiger partial charge in [-0.1, -0.05) is 30.3 Å². The normalized spacial score (nSPS) is 14.1. The number of rotatable bonds is 5. The third-order valence-corrected chi connectivity index (χ3v) is 4.47. The van der Waals surface area contributed by atoms with Gasteiger partial charge in [-0.3, -0.25) is 9.59 Å². The van der Waals surface area contributed by atoms with E-state index in [4.69, 9.17) is 4.74 Å². The second kappa shape index (κ2) is 8.62. The van der Waals surface area contributed by atoms with Crippen molar-refractivity contribution >= 4 is 17.6 Å². The van der Waals surface area contributed by atoms with E-state index >= 15 is 0 Å². The number of ether oxygens (including phenoxy) is 1. The van der Waals surface area contributed by atoms with Crippen LogP contribution in [0.5, 0.6) is 0 Å². The molecule has 1 heterocycles. The van der Waals surface area contributed by atoms with Crippen LogP contribution < -0.4 is 4.90 Å². The van der Waals surface area contributed by atoms with Gasteiger partial charge in [-0.25, -0.2) is 8.78 Å². The Morgan fingerprint density at radius 1 is 0.889 bits per heavy atom. The number of anilines is 1. The SMILES string of the molecule is O=C(Cc1ccccc1F)OCC(=O)N1CCN(c2ccccc2F)CC1. The second-order valence-electron chi connectivity index (χ2n) is 6.25. The highest BCUT2D eigenvalue weighted by molar-refractivity contribution is 5.81. The van der Waals surface area contributed by atoms with Crippen molar-refractivity contribution in [2.24, 2.45) is 0 Å². The minimum absolute atomic E-state index is 0.221. The highest BCUT2D eigenvalue weighted by Gasteiger charge is 2.23. The highest BCUT2D eigenvalue weighted by Crippen LogP contribution is 2.20. The number of nitrogens with zero attached hydrogens (tertiary/aromatic N) is 2. The van der Waals surface area contributed by atoms with E-state index in [2.05, 4.69) is 0 Å². The largest absolute Gasteiger partial charge is 0.455 e. The lowest BCUT2D eigenvalue weighted by molar-refractivity contribution is -0.151. The molecule has 1 saturated heterocycles. The van der Waals surface area contributed by atoms with Crippen molar-refractivity contribution in [3.63, 3.8) is 0 Å². The Bertz CT molecular complexity index is 820. The van der Waals surface area contributed by atoms with Crippen LogP contribution in [0.15, 0.2) is 48.5 Å². The van der Waals surface area contributed by atoms with Crippen molar-refractivity contribution in [1.82, 2.24) is 4.90 Å². The monoisotopic (exact) mass is 374 g/mol. The summed E-state index contributed by atoms with van der Waals surface area (Å²) in [6.07, 6.45) is -0.221. The molecule has 1 fully saturated rings. The molecule has 27 heavy (non-hydrogen) atoms. The van der Waals surface area contributed by atoms with E-state index in [0.717, 1.165) is 0 Å². The number of carbonyl (C=O) groups is 2. The summed E-state index contributed by atoms with van der Waals surface area (Å²) in [4.78, 5) is 27.5. The van der Waals surface area contributed by atoms with E-state index in [1.165, 1.54) is 24.3 Å². The molecule has 0 spiro atoms. The molecule has 0 atom stereocenters. The second-order valence-corrected chi connectivity index (χ2v) is 6.25. The van der Waals surface area contributed by atoms with Gasteiger partial charge in [0.15, 0.2) is 6.61 Å². The first-order chi connectivity index (χ1) is 13.0. The number of para-hydroxylation sites is 1. The van der Waals surface area contributed by atoms with Crippen LogP contribution in [-0.4, -0.2) is 49.6 Å². The third-order valence-electron chi connectivity index (χ3n) is 4.47. The van der Waals surface area contributed by atoms with E-state index < -0.39 is 11.8 Å². The van der Waals surface area contributed by atoms with Crippen molar-refractivity contribution in [1.29, 1.82) is 0 Å². The summed E-state index contributed by atoms with van der Waals surface area (Å²) in [7, 11) is 0. The fraction of sp³-hybridized carbons (Fsp3) is 0.300. The smallest absolute Gasteiger partial charge is 0.310 e. The van der Waals surface area contributed by atoms with Gasteiger partial charge in [0.1, 0.15) is 11.6 Å². The topological polar surface area (TPSA) is 49.9 Å². The predicted molar refractivity (Wildman–Crippen MR) is 96.3 cm³/mol. The molecule has 1 amide bonds. The molecule has 3 rings (SSSR count). The van der Waals surface area contributed by atoms with Crippen LogP contribution in [0.3, 0.4) is 0 Å². The molecule has 2 aromatic rings. The summed E-state index contributed by atoms with van der Waals surface area (Å²) in [5.74, 6) is -1.74. The van der Waals surface area contributed by atoms with Crippen LogP contribution >= 0.6 is 0 Å². The van der Waals surface area contributed by atoms with Gasteiger partial charge >= 0.3 is 5.97 Å². The molecule has 5 nitrogen and oxygen atoms in total. The third kappa shape index (κ3) is 4.81. The number of piperazine rings is 1. The molecule has 0 saturated carbocycles. The summed E-state index contributed by atoms with van der Waals surface area (Å²) in [5, 5.41) is 0. The number of benzene rings is 2. The van der Waals surface area contributed by atoms with Gasteiger partial charge in [0.05, 0.1) is 12.1 Å². The number of esters is 1. The van der Waals surface area contributed by atoms with Gasteiger partial charge in [0.2, 0.25) is 0 Å². The number of hydrogen-bond acceptors (Lipinski definition) is 4. The molecule has 0 aromatic heterocycles. The molecule has 0 radical (unpaired) electrons. The average molecular weight is 374 g/mol. The molecule has 1 aliphatic heterocycles. The number of amides is 1. The first kappa shape index (κ1) is 18.8. The van der Waals surface area contributed by atoms with Crippen LogP contribution in [0, 0.1) is 11.6 Å². The van der Waals surface area contributed by atoms with Crippen LogP contribution in [0.2, 0.25) is 0 Å². The van der Waals surface area contributed by atoms with Gasteiger partial charge in [0, 0.05) is 26.2 Å². The van der Waals surface area contributed by atoms with Gasteiger partial charge in [-0.2, -0.15) is 0 Å². The standard InChI is InChI=1S/C20H20F2N2O3/c21-16-6-2-1-5-15(16)13-20(26)27-14-19(25)24-11-9-23(10-12-24)18-8-4-3-7-17(18)22/h1-8H,9-14H2. The maximum absolute atomic E-state index is 13.8. The Kier molecular flexibility index (Phi) is 6.01. The fourth-order valence-corrected chi connectivity index (χ4v) is 2.99. The zero-order valence-electron chi connectivity index (χ0n) is 14.7. The summed E-state index contributed by atoms with van der Waals surface area (Å²) in [6.45, 7) is 1.44. The molecule has 0 unspecified atom stereocenters. The van der Waals surface area contributed by atoms with E-state index in [9.17, 15) is 18.4 Å². The van der Waals surface area contributed by atoms with E-state index in [-0.39, 0.29) is 30.3 Å². The Hall–Kier alpha value is -2.96. The highest BCUT2D eigenvalue weighted by atomic mass is 19.1. The van der Waals surface area contributed by atoms with Crippen LogP contribution in [0.4, 0.5) is 14.5 Å². The van der Waals surface area contributed by atoms with Crippen molar-refractivity contribution < 1.29 is 23.1 Å². The Balaban J connectivity index is 1.45. The number of halogens is 2. The summed E-state index contributed by atoms with van der Waals surface area (Å²) in [5.41, 5.74) is 0.745. The molecule has 0 bridgehead atoms. The summed E-state index contributed by atoms with van der Waals surface area (Å²) in [6, 6.07) is 12.4. The Morgan fingerprint density at radius 2 is 1.52 bits per heavy atom. The van der Waals surface area contributed by atoms with E-state index in [1.807, 2.05) is 4.90 Å². The lowest BCUT2D eigenvalue weighted by Crippen LogP contribution is -2.50. The average Bonchev–Trinajstić information content (AvgIpc) is 2.68. The molecule has 2 aromatic carbocycles. The molecular weight excluding hydrogens is 354 g/mol. The summed E-state index contributed by atoms with van der Waals surface area (Å²) < 4.78 is 32.3. The van der Waals surface area contributed by atoms with Crippen LogP contribution in [-0.2, 0) is 20.7 Å². The molecule has 142 valence electrons. The van der Waals surface area contributed by atoms with Gasteiger partial charge in [-0.05, 0) is 23.8 Å². The maximum Gasteiger partial charge on any atom is 0.310 e. The molecule has 1 aliphatic rings. The van der Waals surface area contributed by atoms with Crippen LogP contribution in [0.25, 0.3) is 0 Å². The number of carbonyl (C=O) groups excluding carboxylic acids is 2.